The molecule has 0 atom stereocenters. The van der Waals surface area contributed by atoms with Crippen molar-refractivity contribution >= 4 is 24.2 Å². The number of halogens is 1. The molecule has 3 nitrogen and oxygen atoms in total. The molecule has 0 spiro atoms. The van der Waals surface area contributed by atoms with Gasteiger partial charge in [-0.3, -0.25) is 4.99 Å². The highest BCUT2D eigenvalue weighted by molar-refractivity contribution is 5.99. The molecule has 0 aromatic carbocycles. The lowest BCUT2D eigenvalue weighted by molar-refractivity contribution is 0.616. The second-order valence-corrected chi connectivity index (χ2v) is 7.59. The van der Waals surface area contributed by atoms with Crippen LogP contribution in [0.5, 0.6) is 0 Å². The lowest BCUT2D eigenvalue weighted by Crippen LogP contribution is -1.90. The molecule has 0 fully saturated rings. The van der Waals surface area contributed by atoms with Crippen molar-refractivity contribution < 1.29 is 0 Å². The van der Waals surface area contributed by atoms with Crippen molar-refractivity contribution in [3.8, 4) is 11.4 Å². The van der Waals surface area contributed by atoms with Gasteiger partial charge in [0.05, 0.1) is 17.1 Å². The van der Waals surface area contributed by atoms with Crippen molar-refractivity contribution in [3.05, 3.63) is 53.0 Å². The Hall–Kier alpha value is -2.00. The van der Waals surface area contributed by atoms with Crippen LogP contribution in [0.15, 0.2) is 41.2 Å². The Morgan fingerprint density at radius 2 is 1.79 bits per heavy atom. The molecule has 28 heavy (non-hydrogen) atoms. The number of hydrogen-bond donors (Lipinski definition) is 2. The second-order valence-electron chi connectivity index (χ2n) is 7.59. The van der Waals surface area contributed by atoms with Crippen LogP contribution in [0.4, 0.5) is 0 Å². The first-order valence-electron chi connectivity index (χ1n) is 10.5. The Labute approximate surface area is 175 Å². The molecule has 2 aromatic heterocycles. The number of aliphatic imine (C=N–C) groups is 1. The van der Waals surface area contributed by atoms with Gasteiger partial charge < -0.3 is 9.97 Å². The molecule has 152 valence electrons. The highest BCUT2D eigenvalue weighted by atomic mass is 35.5. The number of allylic oxidation sites excluding steroid dienone is 2. The summed E-state index contributed by atoms with van der Waals surface area (Å²) in [6.45, 7) is 6.58. The Bertz CT molecular complexity index is 836. The van der Waals surface area contributed by atoms with Gasteiger partial charge in [0.1, 0.15) is 0 Å². The number of aromatic amines is 2. The average Bonchev–Trinajstić information content (AvgIpc) is 3.38. The van der Waals surface area contributed by atoms with E-state index in [0.717, 1.165) is 29.9 Å². The highest BCUT2D eigenvalue weighted by Gasteiger charge is 2.11. The maximum atomic E-state index is 4.80. The zero-order chi connectivity index (χ0) is 19.1. The standard InChI is InChI=1S/C24H33N3.ClH/c1-4-6-7-8-9-10-11-20-12-13-21(26-20)16-22-15-19(5-2)24(27-22)23-14-18(3)17-25-23;/h12-17,25,27H,4-11H2,1-3H3;1H. The maximum absolute atomic E-state index is 4.80. The van der Waals surface area contributed by atoms with Gasteiger partial charge >= 0.3 is 0 Å². The van der Waals surface area contributed by atoms with Crippen LogP contribution in [-0.4, -0.2) is 15.7 Å². The quantitative estimate of drug-likeness (QED) is 0.391. The molecule has 0 unspecified atom stereocenters. The van der Waals surface area contributed by atoms with E-state index in [-0.39, 0.29) is 12.4 Å². The summed E-state index contributed by atoms with van der Waals surface area (Å²) >= 11 is 0. The minimum Gasteiger partial charge on any atom is -0.360 e. The summed E-state index contributed by atoms with van der Waals surface area (Å²) in [6.07, 6.45) is 18.6. The van der Waals surface area contributed by atoms with Gasteiger partial charge in [-0.1, -0.05) is 46.0 Å². The van der Waals surface area contributed by atoms with Crippen LogP contribution in [0.3, 0.4) is 0 Å². The van der Waals surface area contributed by atoms with Gasteiger partial charge in [-0.15, -0.1) is 12.4 Å². The lowest BCUT2D eigenvalue weighted by Gasteiger charge is -1.99. The summed E-state index contributed by atoms with van der Waals surface area (Å²) < 4.78 is 0. The molecular formula is C24H34ClN3. The number of rotatable bonds is 10. The molecule has 0 amide bonds. The van der Waals surface area contributed by atoms with Crippen LogP contribution >= 0.6 is 12.4 Å². The first kappa shape index (κ1) is 22.3. The third-order valence-corrected chi connectivity index (χ3v) is 5.21. The number of H-pyrrole nitrogens is 2. The van der Waals surface area contributed by atoms with Crippen molar-refractivity contribution in [2.45, 2.75) is 72.1 Å². The van der Waals surface area contributed by atoms with Crippen LogP contribution in [0.25, 0.3) is 17.5 Å². The Morgan fingerprint density at radius 1 is 1.00 bits per heavy atom. The van der Waals surface area contributed by atoms with Crippen LogP contribution in [0, 0.1) is 6.92 Å². The largest absolute Gasteiger partial charge is 0.360 e. The summed E-state index contributed by atoms with van der Waals surface area (Å²) in [6, 6.07) is 4.43. The van der Waals surface area contributed by atoms with Gasteiger partial charge in [0.25, 0.3) is 0 Å². The van der Waals surface area contributed by atoms with E-state index in [1.807, 2.05) is 6.20 Å². The van der Waals surface area contributed by atoms with Crippen LogP contribution in [-0.2, 0) is 6.42 Å². The number of unbranched alkanes of at least 4 members (excludes halogenated alkanes) is 5. The third-order valence-electron chi connectivity index (χ3n) is 5.21. The summed E-state index contributed by atoms with van der Waals surface area (Å²) in [5, 5.41) is 0. The molecule has 0 bridgehead atoms. The molecule has 3 heterocycles. The topological polar surface area (TPSA) is 43.9 Å². The van der Waals surface area contributed by atoms with Gasteiger partial charge in [-0.25, -0.2) is 0 Å². The normalized spacial score (nSPS) is 14.5. The zero-order valence-electron chi connectivity index (χ0n) is 17.5. The van der Waals surface area contributed by atoms with E-state index in [4.69, 9.17) is 4.99 Å². The molecule has 0 saturated heterocycles. The van der Waals surface area contributed by atoms with E-state index in [2.05, 4.69) is 61.1 Å². The van der Waals surface area contributed by atoms with E-state index in [1.165, 1.54) is 61.1 Å². The van der Waals surface area contributed by atoms with Gasteiger partial charge in [-0.05, 0) is 67.7 Å². The summed E-state index contributed by atoms with van der Waals surface area (Å²) in [5.74, 6) is 0. The number of hydrogen-bond acceptors (Lipinski definition) is 1. The minimum absolute atomic E-state index is 0. The maximum Gasteiger partial charge on any atom is 0.0656 e. The van der Waals surface area contributed by atoms with Crippen LogP contribution in [0.2, 0.25) is 0 Å². The summed E-state index contributed by atoms with van der Waals surface area (Å²) in [7, 11) is 0. The minimum atomic E-state index is 0. The molecule has 0 saturated carbocycles. The fourth-order valence-electron chi connectivity index (χ4n) is 3.65. The van der Waals surface area contributed by atoms with Crippen molar-refractivity contribution in [1.82, 2.24) is 9.97 Å². The van der Waals surface area contributed by atoms with E-state index in [9.17, 15) is 0 Å². The van der Waals surface area contributed by atoms with E-state index in [0.29, 0.717) is 0 Å². The van der Waals surface area contributed by atoms with Gasteiger partial charge in [0, 0.05) is 17.6 Å². The first-order valence-corrected chi connectivity index (χ1v) is 10.5. The SMILES string of the molecule is CCCCCCCCC1=NC(=Cc2cc(CC)c(-c3cc(C)c[nH]3)[nH]2)C=C1.Cl. The average molecular weight is 400 g/mol. The molecule has 2 aromatic rings. The zero-order valence-corrected chi connectivity index (χ0v) is 18.3. The molecule has 0 radical (unpaired) electrons. The monoisotopic (exact) mass is 399 g/mol. The fourth-order valence-corrected chi connectivity index (χ4v) is 3.65. The van der Waals surface area contributed by atoms with Crippen molar-refractivity contribution in [2.75, 3.05) is 0 Å². The lowest BCUT2D eigenvalue weighted by atomic mass is 10.1. The Morgan fingerprint density at radius 3 is 2.50 bits per heavy atom. The van der Waals surface area contributed by atoms with Crippen LogP contribution in [0.1, 0.15) is 75.6 Å². The van der Waals surface area contributed by atoms with Crippen molar-refractivity contribution in [1.29, 1.82) is 0 Å². The summed E-state index contributed by atoms with van der Waals surface area (Å²) in [5.41, 5.74) is 8.33. The Balaban J connectivity index is 0.00000280. The molecule has 1 aliphatic heterocycles. The molecule has 4 heteroatoms. The van der Waals surface area contributed by atoms with E-state index < -0.39 is 0 Å². The Kier molecular flexibility index (Phi) is 8.85. The number of nitrogens with zero attached hydrogens (tertiary/aromatic N) is 1. The van der Waals surface area contributed by atoms with Crippen molar-refractivity contribution in [3.63, 3.8) is 0 Å². The molecule has 2 N–H and O–H groups in total. The molecule has 3 rings (SSSR count). The smallest absolute Gasteiger partial charge is 0.0656 e. The van der Waals surface area contributed by atoms with Crippen molar-refractivity contribution in [2.24, 2.45) is 4.99 Å². The summed E-state index contributed by atoms with van der Waals surface area (Å²) in [4.78, 5) is 11.7. The molecular weight excluding hydrogens is 366 g/mol. The predicted molar refractivity (Wildman–Crippen MR) is 124 cm³/mol. The first-order chi connectivity index (χ1) is 13.2. The second kappa shape index (κ2) is 11.1. The van der Waals surface area contributed by atoms with E-state index >= 15 is 0 Å². The highest BCUT2D eigenvalue weighted by Crippen LogP contribution is 2.26. The van der Waals surface area contributed by atoms with Gasteiger partial charge in [0.2, 0.25) is 0 Å². The van der Waals surface area contributed by atoms with Gasteiger partial charge in [0.15, 0.2) is 0 Å². The number of nitrogens with one attached hydrogen (secondary N) is 2. The fraction of sp³-hybridized carbons (Fsp3) is 0.458. The molecule has 1 aliphatic rings. The third kappa shape index (κ3) is 6.00. The number of aryl methyl sites for hydroxylation is 2. The number of aromatic nitrogens is 2. The molecule has 0 aliphatic carbocycles. The van der Waals surface area contributed by atoms with Crippen LogP contribution < -0.4 is 0 Å². The predicted octanol–water partition coefficient (Wildman–Crippen LogP) is 7.40. The van der Waals surface area contributed by atoms with E-state index in [1.54, 1.807) is 0 Å². The van der Waals surface area contributed by atoms with Gasteiger partial charge in [-0.2, -0.15) is 0 Å².